The van der Waals surface area contributed by atoms with Crippen LogP contribution < -0.4 is 0 Å². The van der Waals surface area contributed by atoms with Gasteiger partial charge >= 0.3 is 5.97 Å². The topological polar surface area (TPSA) is 59.4 Å². The molecule has 0 amide bonds. The van der Waals surface area contributed by atoms with Crippen LogP contribution in [0, 0.1) is 23.7 Å². The molecule has 4 nitrogen and oxygen atoms in total. The van der Waals surface area contributed by atoms with Crippen LogP contribution in [0.4, 0.5) is 0 Å². The Hall–Kier alpha value is -1.68. The predicted octanol–water partition coefficient (Wildman–Crippen LogP) is 3.07. The van der Waals surface area contributed by atoms with Crippen molar-refractivity contribution in [3.8, 4) is 0 Å². The van der Waals surface area contributed by atoms with Crippen LogP contribution in [0.25, 0.3) is 6.08 Å². The highest BCUT2D eigenvalue weighted by molar-refractivity contribution is 5.82. The van der Waals surface area contributed by atoms with Crippen molar-refractivity contribution >= 4 is 12.0 Å². The molecular weight excluding hydrogens is 290 g/mol. The van der Waals surface area contributed by atoms with E-state index in [1.807, 2.05) is 31.2 Å². The second-order valence-corrected chi connectivity index (χ2v) is 7.01. The Balaban J connectivity index is 1.96. The van der Waals surface area contributed by atoms with Gasteiger partial charge in [-0.25, -0.2) is 4.79 Å². The molecule has 3 rings (SSSR count). The molecule has 0 spiro atoms. The quantitative estimate of drug-likeness (QED) is 0.871. The van der Waals surface area contributed by atoms with Crippen LogP contribution in [0.5, 0.6) is 0 Å². The highest BCUT2D eigenvalue weighted by atomic mass is 16.6. The van der Waals surface area contributed by atoms with Gasteiger partial charge in [-0.2, -0.15) is 0 Å². The molecule has 6 atom stereocenters. The third kappa shape index (κ3) is 2.69. The fraction of sp³-hybridized carbons (Fsp3) is 0.579. The monoisotopic (exact) mass is 315 g/mol. The van der Waals surface area contributed by atoms with Crippen molar-refractivity contribution in [2.24, 2.45) is 23.7 Å². The number of fused-ring (bicyclic) bond motifs is 1. The van der Waals surface area contributed by atoms with Gasteiger partial charge in [0.25, 0.3) is 0 Å². The van der Waals surface area contributed by atoms with E-state index < -0.39 is 11.6 Å². The van der Waals surface area contributed by atoms with Crippen LogP contribution in [-0.2, 0) is 9.53 Å². The van der Waals surface area contributed by atoms with Gasteiger partial charge in [0.2, 0.25) is 0 Å². The number of esters is 1. The summed E-state index contributed by atoms with van der Waals surface area (Å²) in [6, 6.07) is 5.80. The number of nitrogens with zero attached hydrogens (tertiary/aromatic N) is 1. The fourth-order valence-electron chi connectivity index (χ4n) is 4.63. The first-order valence-corrected chi connectivity index (χ1v) is 8.50. The predicted molar refractivity (Wildman–Crippen MR) is 88.3 cm³/mol. The number of ether oxygens (including phenoxy) is 1. The van der Waals surface area contributed by atoms with Crippen molar-refractivity contribution in [3.05, 3.63) is 36.2 Å². The molecule has 4 heteroatoms. The number of aromatic nitrogens is 1. The molecule has 2 heterocycles. The Morgan fingerprint density at radius 1 is 1.43 bits per heavy atom. The van der Waals surface area contributed by atoms with Crippen LogP contribution in [0.15, 0.2) is 30.5 Å². The molecule has 0 radical (unpaired) electrons. The van der Waals surface area contributed by atoms with Crippen molar-refractivity contribution in [3.63, 3.8) is 0 Å². The maximum Gasteiger partial charge on any atom is 0.338 e. The Morgan fingerprint density at radius 3 is 2.87 bits per heavy atom. The highest BCUT2D eigenvalue weighted by Crippen LogP contribution is 2.52. The van der Waals surface area contributed by atoms with Crippen molar-refractivity contribution in [1.82, 2.24) is 4.98 Å². The molecule has 0 bridgehead atoms. The number of pyridine rings is 1. The van der Waals surface area contributed by atoms with Gasteiger partial charge in [0.05, 0.1) is 5.69 Å². The van der Waals surface area contributed by atoms with Gasteiger partial charge in [-0.15, -0.1) is 0 Å². The van der Waals surface area contributed by atoms with E-state index in [9.17, 15) is 9.90 Å². The SMILES string of the molecule is CCC1C(C)CC2(O)C(=O)OC(C)C2C1/C=C/c1ccccn1. The minimum Gasteiger partial charge on any atom is -0.460 e. The summed E-state index contributed by atoms with van der Waals surface area (Å²) in [6.45, 7) is 6.19. The molecule has 1 aromatic rings. The lowest BCUT2D eigenvalue weighted by atomic mass is 9.59. The standard InChI is InChI=1S/C19H25NO3/c1-4-15-12(2)11-19(22)17(13(3)23-18(19)21)16(15)9-8-14-7-5-6-10-20-14/h5-10,12-13,15-17,22H,4,11H2,1-3H3/b9-8+. The summed E-state index contributed by atoms with van der Waals surface area (Å²) in [6.07, 6.45) is 7.15. The van der Waals surface area contributed by atoms with Crippen LogP contribution in [0.1, 0.15) is 39.3 Å². The zero-order chi connectivity index (χ0) is 16.6. The maximum absolute atomic E-state index is 12.2. The summed E-state index contributed by atoms with van der Waals surface area (Å²) in [5, 5.41) is 11.0. The summed E-state index contributed by atoms with van der Waals surface area (Å²) < 4.78 is 5.40. The van der Waals surface area contributed by atoms with Gasteiger partial charge in [0.15, 0.2) is 5.60 Å². The molecule has 1 aliphatic heterocycles. The zero-order valence-electron chi connectivity index (χ0n) is 14.0. The average Bonchev–Trinajstić information content (AvgIpc) is 2.74. The number of rotatable bonds is 3. The van der Waals surface area contributed by atoms with E-state index in [1.54, 1.807) is 6.20 Å². The average molecular weight is 315 g/mol. The molecule has 23 heavy (non-hydrogen) atoms. The van der Waals surface area contributed by atoms with E-state index in [4.69, 9.17) is 4.74 Å². The van der Waals surface area contributed by atoms with Crippen LogP contribution in [-0.4, -0.2) is 27.8 Å². The number of hydrogen-bond acceptors (Lipinski definition) is 4. The summed E-state index contributed by atoms with van der Waals surface area (Å²) >= 11 is 0. The number of cyclic esters (lactones) is 1. The first kappa shape index (κ1) is 16.2. The summed E-state index contributed by atoms with van der Waals surface area (Å²) in [4.78, 5) is 16.5. The zero-order valence-corrected chi connectivity index (χ0v) is 14.0. The van der Waals surface area contributed by atoms with Gasteiger partial charge in [0, 0.05) is 12.1 Å². The van der Waals surface area contributed by atoms with Gasteiger partial charge in [-0.1, -0.05) is 32.4 Å². The molecular formula is C19H25NO3. The van der Waals surface area contributed by atoms with Crippen molar-refractivity contribution in [1.29, 1.82) is 0 Å². The molecule has 1 saturated carbocycles. The Labute approximate surface area is 137 Å². The number of carbonyl (C=O) groups is 1. The smallest absolute Gasteiger partial charge is 0.338 e. The third-order valence-electron chi connectivity index (χ3n) is 5.63. The highest BCUT2D eigenvalue weighted by Gasteiger charge is 2.62. The van der Waals surface area contributed by atoms with E-state index in [0.29, 0.717) is 12.3 Å². The number of aliphatic hydroxyl groups is 1. The van der Waals surface area contributed by atoms with Crippen LogP contribution in [0.2, 0.25) is 0 Å². The van der Waals surface area contributed by atoms with Gasteiger partial charge < -0.3 is 9.84 Å². The number of carbonyl (C=O) groups excluding carboxylic acids is 1. The van der Waals surface area contributed by atoms with Crippen molar-refractivity contribution in [2.45, 2.75) is 45.3 Å². The largest absolute Gasteiger partial charge is 0.460 e. The summed E-state index contributed by atoms with van der Waals surface area (Å²) in [5.74, 6) is 0.177. The van der Waals surface area contributed by atoms with Crippen molar-refractivity contribution < 1.29 is 14.6 Å². The summed E-state index contributed by atoms with van der Waals surface area (Å²) in [7, 11) is 0. The molecule has 2 aliphatic rings. The number of hydrogen-bond donors (Lipinski definition) is 1. The second kappa shape index (κ2) is 6.08. The number of allylic oxidation sites excluding steroid dienone is 1. The van der Waals surface area contributed by atoms with Gasteiger partial charge in [-0.05, 0) is 49.3 Å². The molecule has 1 aromatic heterocycles. The van der Waals surface area contributed by atoms with Crippen LogP contribution >= 0.6 is 0 Å². The Morgan fingerprint density at radius 2 is 2.22 bits per heavy atom. The minimum atomic E-state index is -1.34. The molecule has 124 valence electrons. The van der Waals surface area contributed by atoms with Gasteiger partial charge in [0.1, 0.15) is 6.10 Å². The molecule has 6 unspecified atom stereocenters. The lowest BCUT2D eigenvalue weighted by Gasteiger charge is -2.45. The second-order valence-electron chi connectivity index (χ2n) is 7.01. The van der Waals surface area contributed by atoms with Crippen LogP contribution in [0.3, 0.4) is 0 Å². The lowest BCUT2D eigenvalue weighted by molar-refractivity contribution is -0.160. The Kier molecular flexibility index (Phi) is 4.28. The third-order valence-corrected chi connectivity index (χ3v) is 5.63. The normalized spacial score (nSPS) is 40.2. The van der Waals surface area contributed by atoms with E-state index in [0.717, 1.165) is 12.1 Å². The first-order valence-electron chi connectivity index (χ1n) is 8.50. The summed E-state index contributed by atoms with van der Waals surface area (Å²) in [5.41, 5.74) is -0.453. The molecule has 1 saturated heterocycles. The Bertz CT molecular complexity index is 600. The fourth-order valence-corrected chi connectivity index (χ4v) is 4.63. The first-order chi connectivity index (χ1) is 11.0. The lowest BCUT2D eigenvalue weighted by Crippen LogP contribution is -2.53. The molecule has 1 aliphatic carbocycles. The van der Waals surface area contributed by atoms with Crippen molar-refractivity contribution in [2.75, 3.05) is 0 Å². The molecule has 2 fully saturated rings. The molecule has 1 N–H and O–H groups in total. The molecule has 0 aromatic carbocycles. The van der Waals surface area contributed by atoms with E-state index in [-0.39, 0.29) is 23.9 Å². The van der Waals surface area contributed by atoms with Gasteiger partial charge in [-0.3, -0.25) is 4.98 Å². The minimum absolute atomic E-state index is 0.109. The van der Waals surface area contributed by atoms with E-state index >= 15 is 0 Å². The van der Waals surface area contributed by atoms with E-state index in [1.165, 1.54) is 0 Å². The van der Waals surface area contributed by atoms with E-state index in [2.05, 4.69) is 24.9 Å². The maximum atomic E-state index is 12.2.